The average molecular weight is 412 g/mol. The maximum atomic E-state index is 13.0. The second-order valence-corrected chi connectivity index (χ2v) is 7.00. The summed E-state index contributed by atoms with van der Waals surface area (Å²) in [5, 5.41) is 11.7. The van der Waals surface area contributed by atoms with Gasteiger partial charge in [-0.15, -0.1) is 0 Å². The molecular weight excluding hydrogens is 395 g/mol. The highest BCUT2D eigenvalue weighted by Crippen LogP contribution is 2.43. The summed E-state index contributed by atoms with van der Waals surface area (Å²) in [5.74, 6) is -1.05. The minimum atomic E-state index is -4.22. The van der Waals surface area contributed by atoms with Crippen molar-refractivity contribution < 1.29 is 13.2 Å². The van der Waals surface area contributed by atoms with Crippen LogP contribution in [0.2, 0.25) is 5.02 Å². The van der Waals surface area contributed by atoms with Crippen LogP contribution in [-0.2, 0) is 0 Å². The molecule has 1 saturated carbocycles. The maximum absolute atomic E-state index is 13.0. The van der Waals surface area contributed by atoms with Crippen molar-refractivity contribution >= 4 is 17.4 Å². The minimum absolute atomic E-state index is 0.0207. The van der Waals surface area contributed by atoms with Crippen molar-refractivity contribution in [1.29, 1.82) is 5.26 Å². The predicted molar refractivity (Wildman–Crippen MR) is 97.7 cm³/mol. The van der Waals surface area contributed by atoms with E-state index in [9.17, 15) is 18.0 Å². The number of hydrogen-bond donors (Lipinski definition) is 1. The second kappa shape index (κ2) is 7.80. The van der Waals surface area contributed by atoms with Crippen LogP contribution >= 0.6 is 11.6 Å². The molecule has 0 bridgehead atoms. The summed E-state index contributed by atoms with van der Waals surface area (Å²) in [4.78, 5) is 20.3. The van der Waals surface area contributed by atoms with E-state index in [0.29, 0.717) is 11.5 Å². The van der Waals surface area contributed by atoms with E-state index in [4.69, 9.17) is 16.9 Å². The van der Waals surface area contributed by atoms with Crippen LogP contribution in [0.15, 0.2) is 23.1 Å². The third-order valence-corrected chi connectivity index (χ3v) is 5.32. The van der Waals surface area contributed by atoms with E-state index < -0.39 is 17.7 Å². The maximum Gasteiger partial charge on any atom is 0.391 e. The van der Waals surface area contributed by atoms with Crippen molar-refractivity contribution in [3.63, 3.8) is 0 Å². The first kappa shape index (κ1) is 20.1. The third kappa shape index (κ3) is 3.83. The van der Waals surface area contributed by atoms with Gasteiger partial charge in [0, 0.05) is 13.0 Å². The standard InChI is InChI=1S/C18H17ClF3N5O/c1-24-16-14(19)17(28)26-15(10-2-4-11(5-3-10)18(20,21)22)27(16)13-7-6-12(8-23)25-9-13/h6-7,9-11,24H,2-5H2,1H3. The molecule has 0 aliphatic heterocycles. The monoisotopic (exact) mass is 411 g/mol. The molecule has 1 aliphatic rings. The van der Waals surface area contributed by atoms with Gasteiger partial charge in [-0.2, -0.15) is 23.4 Å². The van der Waals surface area contributed by atoms with E-state index >= 15 is 0 Å². The molecule has 2 aromatic rings. The van der Waals surface area contributed by atoms with Gasteiger partial charge in [-0.1, -0.05) is 11.6 Å². The van der Waals surface area contributed by atoms with Crippen LogP contribution in [-0.4, -0.2) is 27.8 Å². The van der Waals surface area contributed by atoms with Gasteiger partial charge in [-0.05, 0) is 37.8 Å². The number of alkyl halides is 3. The van der Waals surface area contributed by atoms with Gasteiger partial charge in [-0.3, -0.25) is 9.36 Å². The normalized spacial score (nSPS) is 19.9. The molecule has 148 valence electrons. The summed E-state index contributed by atoms with van der Waals surface area (Å²) in [6.45, 7) is 0. The van der Waals surface area contributed by atoms with Crippen molar-refractivity contribution in [2.75, 3.05) is 12.4 Å². The van der Waals surface area contributed by atoms with Crippen molar-refractivity contribution in [3.05, 3.63) is 45.2 Å². The molecule has 0 radical (unpaired) electrons. The molecule has 1 fully saturated rings. The molecule has 0 spiro atoms. The van der Waals surface area contributed by atoms with Crippen LogP contribution in [0.3, 0.4) is 0 Å². The van der Waals surface area contributed by atoms with Crippen LogP contribution in [0.1, 0.15) is 43.1 Å². The van der Waals surface area contributed by atoms with E-state index in [1.165, 1.54) is 12.3 Å². The number of nitriles is 1. The molecule has 2 heterocycles. The summed E-state index contributed by atoms with van der Waals surface area (Å²) in [6.07, 6.45) is -2.31. The second-order valence-electron chi connectivity index (χ2n) is 6.63. The number of halogens is 4. The van der Waals surface area contributed by atoms with Gasteiger partial charge >= 0.3 is 6.18 Å². The Morgan fingerprint density at radius 2 is 1.96 bits per heavy atom. The van der Waals surface area contributed by atoms with Gasteiger partial charge < -0.3 is 5.32 Å². The fraction of sp³-hybridized carbons (Fsp3) is 0.444. The first-order valence-electron chi connectivity index (χ1n) is 8.69. The molecule has 0 aromatic carbocycles. The quantitative estimate of drug-likeness (QED) is 0.824. The molecule has 0 amide bonds. The van der Waals surface area contributed by atoms with E-state index in [2.05, 4.69) is 15.3 Å². The zero-order valence-electron chi connectivity index (χ0n) is 14.9. The number of rotatable bonds is 3. The number of hydrogen-bond acceptors (Lipinski definition) is 5. The average Bonchev–Trinajstić information content (AvgIpc) is 2.69. The zero-order valence-corrected chi connectivity index (χ0v) is 15.7. The molecule has 3 rings (SSSR count). The molecular formula is C18H17ClF3N5O. The van der Waals surface area contributed by atoms with E-state index in [0.717, 1.165) is 0 Å². The minimum Gasteiger partial charge on any atom is -0.373 e. The Hall–Kier alpha value is -2.60. The van der Waals surface area contributed by atoms with Gasteiger partial charge in [0.05, 0.1) is 17.8 Å². The molecule has 1 aliphatic carbocycles. The number of aromatic nitrogens is 3. The highest BCUT2D eigenvalue weighted by Gasteiger charge is 2.42. The summed E-state index contributed by atoms with van der Waals surface area (Å²) < 4.78 is 40.6. The van der Waals surface area contributed by atoms with Crippen molar-refractivity contribution in [1.82, 2.24) is 14.5 Å². The number of anilines is 1. The first-order chi connectivity index (χ1) is 13.3. The van der Waals surface area contributed by atoms with Gasteiger partial charge in [0.25, 0.3) is 5.56 Å². The SMILES string of the molecule is CNc1c(Cl)c(=O)nc(C2CCC(C(F)(F)F)CC2)n1-c1ccc(C#N)nc1. The molecule has 10 heteroatoms. The van der Waals surface area contributed by atoms with Crippen LogP contribution in [0.5, 0.6) is 0 Å². The van der Waals surface area contributed by atoms with Crippen molar-refractivity contribution in [2.45, 2.75) is 37.8 Å². The number of nitrogens with one attached hydrogen (secondary N) is 1. The Labute approximate surface area is 164 Å². The molecule has 2 aromatic heterocycles. The van der Waals surface area contributed by atoms with Crippen LogP contribution in [0.4, 0.5) is 19.0 Å². The highest BCUT2D eigenvalue weighted by atomic mass is 35.5. The predicted octanol–water partition coefficient (Wildman–Crippen LogP) is 4.03. The Kier molecular flexibility index (Phi) is 5.61. The van der Waals surface area contributed by atoms with E-state index in [1.807, 2.05) is 6.07 Å². The fourth-order valence-corrected chi connectivity index (χ4v) is 3.76. The molecule has 28 heavy (non-hydrogen) atoms. The lowest BCUT2D eigenvalue weighted by Crippen LogP contribution is -2.30. The van der Waals surface area contributed by atoms with Crippen molar-refractivity contribution in [2.24, 2.45) is 5.92 Å². The van der Waals surface area contributed by atoms with Crippen molar-refractivity contribution in [3.8, 4) is 11.8 Å². The topological polar surface area (TPSA) is 83.6 Å². The van der Waals surface area contributed by atoms with Gasteiger partial charge in [-0.25, -0.2) is 4.98 Å². The Morgan fingerprint density at radius 3 is 2.46 bits per heavy atom. The molecule has 0 saturated heterocycles. The van der Waals surface area contributed by atoms with Gasteiger partial charge in [0.15, 0.2) is 0 Å². The fourth-order valence-electron chi connectivity index (χ4n) is 3.54. The molecule has 6 nitrogen and oxygen atoms in total. The van der Waals surface area contributed by atoms with Crippen LogP contribution in [0, 0.1) is 17.2 Å². The Bertz CT molecular complexity index is 957. The first-order valence-corrected chi connectivity index (χ1v) is 9.07. The molecule has 1 N–H and O–H groups in total. The molecule has 0 unspecified atom stereocenters. The van der Waals surface area contributed by atoms with E-state index in [-0.39, 0.29) is 48.1 Å². The number of pyridine rings is 1. The highest BCUT2D eigenvalue weighted by molar-refractivity contribution is 6.32. The van der Waals surface area contributed by atoms with Gasteiger partial charge in [0.2, 0.25) is 0 Å². The Balaban J connectivity index is 2.07. The summed E-state index contributed by atoms with van der Waals surface area (Å²) in [5.41, 5.74) is 0.0737. The van der Waals surface area contributed by atoms with Crippen LogP contribution in [0.25, 0.3) is 5.69 Å². The number of nitrogens with zero attached hydrogens (tertiary/aromatic N) is 4. The van der Waals surface area contributed by atoms with E-state index in [1.54, 1.807) is 17.7 Å². The summed E-state index contributed by atoms with van der Waals surface area (Å²) >= 11 is 6.12. The third-order valence-electron chi connectivity index (χ3n) is 4.98. The van der Waals surface area contributed by atoms with Gasteiger partial charge in [0.1, 0.15) is 28.4 Å². The lowest BCUT2D eigenvalue weighted by Gasteiger charge is -2.31. The molecule has 0 atom stereocenters. The summed E-state index contributed by atoms with van der Waals surface area (Å²) in [7, 11) is 1.58. The summed E-state index contributed by atoms with van der Waals surface area (Å²) in [6, 6.07) is 5.05. The largest absolute Gasteiger partial charge is 0.391 e. The van der Waals surface area contributed by atoms with Crippen LogP contribution < -0.4 is 10.9 Å². The smallest absolute Gasteiger partial charge is 0.373 e. The lowest BCUT2D eigenvalue weighted by atomic mass is 9.81. The lowest BCUT2D eigenvalue weighted by molar-refractivity contribution is -0.182. The zero-order chi connectivity index (χ0) is 20.5. The Morgan fingerprint density at radius 1 is 1.29 bits per heavy atom.